The van der Waals surface area contributed by atoms with Gasteiger partial charge in [0.15, 0.2) is 0 Å². The van der Waals surface area contributed by atoms with Crippen molar-refractivity contribution >= 4 is 17.8 Å². The lowest BCUT2D eigenvalue weighted by atomic mass is 9.96. The molecule has 7 heteroatoms. The van der Waals surface area contributed by atoms with Crippen LogP contribution in [-0.2, 0) is 4.79 Å². The number of amides is 1. The quantitative estimate of drug-likeness (QED) is 0.570. The van der Waals surface area contributed by atoms with Crippen LogP contribution < -0.4 is 10.3 Å². The molecule has 1 aliphatic rings. The highest BCUT2D eigenvalue weighted by Crippen LogP contribution is 2.24. The lowest BCUT2D eigenvalue weighted by Gasteiger charge is -2.32. The summed E-state index contributed by atoms with van der Waals surface area (Å²) in [5.41, 5.74) is 4.60. The maximum absolute atomic E-state index is 12.3. The summed E-state index contributed by atoms with van der Waals surface area (Å²) in [6, 6.07) is 13.7. The van der Waals surface area contributed by atoms with Gasteiger partial charge in [-0.25, -0.2) is 5.43 Å². The number of aromatic hydroxyl groups is 2. The zero-order chi connectivity index (χ0) is 19.2. The van der Waals surface area contributed by atoms with Gasteiger partial charge in [-0.2, -0.15) is 10.4 Å². The van der Waals surface area contributed by atoms with Gasteiger partial charge in [-0.1, -0.05) is 0 Å². The average molecular weight is 364 g/mol. The molecule has 3 N–H and O–H groups in total. The Morgan fingerprint density at radius 3 is 2.52 bits per heavy atom. The van der Waals surface area contributed by atoms with Gasteiger partial charge in [-0.05, 0) is 49.2 Å². The Hall–Kier alpha value is -3.53. The second-order valence-electron chi connectivity index (χ2n) is 6.40. The van der Waals surface area contributed by atoms with E-state index in [2.05, 4.69) is 21.5 Å². The number of hydrazone groups is 1. The molecule has 0 spiro atoms. The minimum atomic E-state index is -0.149. The summed E-state index contributed by atoms with van der Waals surface area (Å²) in [5, 5.41) is 31.7. The van der Waals surface area contributed by atoms with E-state index < -0.39 is 0 Å². The van der Waals surface area contributed by atoms with Crippen LogP contribution in [0, 0.1) is 17.2 Å². The molecule has 1 aliphatic heterocycles. The Balaban J connectivity index is 1.50. The summed E-state index contributed by atoms with van der Waals surface area (Å²) in [5.74, 6) is -0.416. The molecular weight excluding hydrogens is 344 g/mol. The van der Waals surface area contributed by atoms with E-state index in [0.29, 0.717) is 24.0 Å². The lowest BCUT2D eigenvalue weighted by Crippen LogP contribution is -2.39. The second-order valence-corrected chi connectivity index (χ2v) is 6.40. The van der Waals surface area contributed by atoms with Crippen LogP contribution in [0.25, 0.3) is 0 Å². The van der Waals surface area contributed by atoms with Crippen LogP contribution in [0.1, 0.15) is 24.0 Å². The van der Waals surface area contributed by atoms with Crippen LogP contribution >= 0.6 is 0 Å². The Morgan fingerprint density at radius 2 is 1.89 bits per heavy atom. The topological polar surface area (TPSA) is 109 Å². The molecule has 2 aromatic carbocycles. The van der Waals surface area contributed by atoms with E-state index in [1.54, 1.807) is 12.1 Å². The zero-order valence-corrected chi connectivity index (χ0v) is 14.7. The number of hydrogen-bond donors (Lipinski definition) is 3. The van der Waals surface area contributed by atoms with Crippen molar-refractivity contribution in [3.63, 3.8) is 0 Å². The Bertz CT molecular complexity index is 879. The molecule has 0 bridgehead atoms. The molecule has 138 valence electrons. The van der Waals surface area contributed by atoms with Gasteiger partial charge in [-0.15, -0.1) is 0 Å². The van der Waals surface area contributed by atoms with Crippen LogP contribution in [0.4, 0.5) is 5.69 Å². The smallest absolute Gasteiger partial charge is 0.243 e. The molecule has 0 aliphatic carbocycles. The van der Waals surface area contributed by atoms with Crippen LogP contribution in [0.3, 0.4) is 0 Å². The molecule has 1 amide bonds. The average Bonchev–Trinajstić information content (AvgIpc) is 2.70. The number of piperidine rings is 1. The molecule has 2 aromatic rings. The van der Waals surface area contributed by atoms with Gasteiger partial charge in [0.2, 0.25) is 5.91 Å². The van der Waals surface area contributed by atoms with Gasteiger partial charge in [0.1, 0.15) is 11.5 Å². The number of nitrogens with zero attached hydrogens (tertiary/aromatic N) is 3. The summed E-state index contributed by atoms with van der Waals surface area (Å²) < 4.78 is 0. The monoisotopic (exact) mass is 364 g/mol. The van der Waals surface area contributed by atoms with E-state index in [1.165, 1.54) is 24.4 Å². The highest BCUT2D eigenvalue weighted by Gasteiger charge is 2.25. The summed E-state index contributed by atoms with van der Waals surface area (Å²) in [6.45, 7) is 1.51. The van der Waals surface area contributed by atoms with E-state index in [9.17, 15) is 15.0 Å². The molecule has 0 unspecified atom stereocenters. The number of benzene rings is 2. The Labute approximate surface area is 157 Å². The first-order valence-corrected chi connectivity index (χ1v) is 8.67. The molecule has 0 saturated carbocycles. The fraction of sp³-hybridized carbons (Fsp3) is 0.250. The van der Waals surface area contributed by atoms with Crippen LogP contribution in [-0.4, -0.2) is 35.4 Å². The van der Waals surface area contributed by atoms with E-state index in [1.807, 2.05) is 12.1 Å². The van der Waals surface area contributed by atoms with Crippen LogP contribution in [0.15, 0.2) is 47.6 Å². The van der Waals surface area contributed by atoms with Crippen molar-refractivity contribution in [3.05, 3.63) is 53.6 Å². The molecule has 0 atom stereocenters. The number of carbonyl (C=O) groups excluding carboxylic acids is 1. The first kappa shape index (κ1) is 18.3. The minimum absolute atomic E-state index is 0.0392. The molecule has 0 aromatic heterocycles. The SMILES string of the molecule is N#Cc1ccc(N2CCC(C(=O)N/N=C\c3ccc(O)cc3O)CC2)cc1. The molecule has 0 radical (unpaired) electrons. The fourth-order valence-corrected chi connectivity index (χ4v) is 3.04. The number of rotatable bonds is 4. The molecule has 27 heavy (non-hydrogen) atoms. The first-order valence-electron chi connectivity index (χ1n) is 8.67. The van der Waals surface area contributed by atoms with E-state index in [0.717, 1.165) is 18.8 Å². The van der Waals surface area contributed by atoms with Crippen molar-refractivity contribution in [1.29, 1.82) is 5.26 Å². The second kappa shape index (κ2) is 8.23. The largest absolute Gasteiger partial charge is 0.508 e. The molecular formula is C20H20N4O3. The third-order valence-electron chi connectivity index (χ3n) is 4.62. The van der Waals surface area contributed by atoms with Gasteiger partial charge in [0.05, 0.1) is 17.8 Å². The van der Waals surface area contributed by atoms with Gasteiger partial charge in [0, 0.05) is 36.3 Å². The summed E-state index contributed by atoms with van der Waals surface area (Å²) >= 11 is 0. The normalized spacial score (nSPS) is 14.9. The molecule has 7 nitrogen and oxygen atoms in total. The van der Waals surface area contributed by atoms with Crippen molar-refractivity contribution in [2.45, 2.75) is 12.8 Å². The summed E-state index contributed by atoms with van der Waals surface area (Å²) in [7, 11) is 0. The van der Waals surface area contributed by atoms with E-state index in [-0.39, 0.29) is 23.3 Å². The van der Waals surface area contributed by atoms with Crippen molar-refractivity contribution in [2.24, 2.45) is 11.0 Å². The van der Waals surface area contributed by atoms with Crippen LogP contribution in [0.2, 0.25) is 0 Å². The predicted octanol–water partition coefficient (Wildman–Crippen LogP) is 2.34. The van der Waals surface area contributed by atoms with Gasteiger partial charge in [0.25, 0.3) is 0 Å². The molecule has 1 heterocycles. The Morgan fingerprint density at radius 1 is 1.19 bits per heavy atom. The van der Waals surface area contributed by atoms with Crippen molar-refractivity contribution in [3.8, 4) is 17.6 Å². The number of hydrogen-bond acceptors (Lipinski definition) is 6. The Kier molecular flexibility index (Phi) is 5.57. The molecule has 1 saturated heterocycles. The third-order valence-corrected chi connectivity index (χ3v) is 4.62. The predicted molar refractivity (Wildman–Crippen MR) is 102 cm³/mol. The van der Waals surface area contributed by atoms with Crippen LogP contribution in [0.5, 0.6) is 11.5 Å². The lowest BCUT2D eigenvalue weighted by molar-refractivity contribution is -0.125. The molecule has 3 rings (SSSR count). The highest BCUT2D eigenvalue weighted by molar-refractivity contribution is 5.86. The number of carbonyl (C=O) groups is 1. The first-order chi connectivity index (χ1) is 13.1. The minimum Gasteiger partial charge on any atom is -0.508 e. The van der Waals surface area contributed by atoms with Crippen molar-refractivity contribution in [1.82, 2.24) is 5.43 Å². The maximum atomic E-state index is 12.3. The van der Waals surface area contributed by atoms with E-state index >= 15 is 0 Å². The zero-order valence-electron chi connectivity index (χ0n) is 14.7. The number of phenols is 2. The standard InChI is InChI=1S/C20H20N4O3/c21-12-14-1-4-17(5-2-14)24-9-7-15(8-10-24)20(27)23-22-13-16-3-6-18(25)11-19(16)26/h1-6,11,13,15,25-26H,7-10H2,(H,23,27)/b22-13-. The number of nitrogens with one attached hydrogen (secondary N) is 1. The summed E-state index contributed by atoms with van der Waals surface area (Å²) in [6.07, 6.45) is 2.77. The van der Waals surface area contributed by atoms with Gasteiger partial charge in [-0.3, -0.25) is 4.79 Å². The number of phenolic OH excluding ortho intramolecular Hbond substituents is 2. The molecule has 1 fully saturated rings. The van der Waals surface area contributed by atoms with Crippen molar-refractivity contribution < 1.29 is 15.0 Å². The number of anilines is 1. The van der Waals surface area contributed by atoms with Gasteiger partial charge >= 0.3 is 0 Å². The third kappa shape index (κ3) is 4.55. The fourth-order valence-electron chi connectivity index (χ4n) is 3.04. The summed E-state index contributed by atoms with van der Waals surface area (Å²) in [4.78, 5) is 14.5. The van der Waals surface area contributed by atoms with E-state index in [4.69, 9.17) is 5.26 Å². The van der Waals surface area contributed by atoms with Gasteiger partial charge < -0.3 is 15.1 Å². The van der Waals surface area contributed by atoms with Crippen molar-refractivity contribution in [2.75, 3.05) is 18.0 Å². The number of nitriles is 1. The maximum Gasteiger partial charge on any atom is 0.243 e. The highest BCUT2D eigenvalue weighted by atomic mass is 16.3.